The lowest BCUT2D eigenvalue weighted by molar-refractivity contribution is 0.0921. The van der Waals surface area contributed by atoms with Gasteiger partial charge in [-0.15, -0.1) is 0 Å². The number of carbonyl (C=O) groups excluding carboxylic acids is 1. The number of ether oxygens (including phenoxy) is 1. The Morgan fingerprint density at radius 1 is 1.13 bits per heavy atom. The van der Waals surface area contributed by atoms with Gasteiger partial charge in [-0.05, 0) is 59.8 Å². The highest BCUT2D eigenvalue weighted by molar-refractivity contribution is 9.10. The van der Waals surface area contributed by atoms with Crippen LogP contribution < -0.4 is 10.1 Å². The van der Waals surface area contributed by atoms with Crippen LogP contribution >= 0.6 is 15.9 Å². The molecule has 0 fully saturated rings. The van der Waals surface area contributed by atoms with Gasteiger partial charge in [-0.3, -0.25) is 9.48 Å². The molecule has 0 aliphatic carbocycles. The maximum atomic E-state index is 12.4. The predicted octanol–water partition coefficient (Wildman–Crippen LogP) is 5.41. The van der Waals surface area contributed by atoms with Gasteiger partial charge in [0.15, 0.2) is 5.76 Å². The summed E-state index contributed by atoms with van der Waals surface area (Å²) in [5.41, 5.74) is 2.06. The summed E-state index contributed by atoms with van der Waals surface area (Å²) in [5.74, 6) is 1.44. The quantitative estimate of drug-likeness (QED) is 0.341. The van der Waals surface area contributed by atoms with E-state index >= 15 is 0 Å². The van der Waals surface area contributed by atoms with E-state index in [1.54, 1.807) is 12.1 Å². The van der Waals surface area contributed by atoms with Crippen LogP contribution in [0.25, 0.3) is 10.8 Å². The lowest BCUT2D eigenvalue weighted by Gasteiger charge is -2.08. The summed E-state index contributed by atoms with van der Waals surface area (Å²) >= 11 is 3.53. The molecule has 1 N–H and O–H groups in total. The Labute approximate surface area is 189 Å². The number of aryl methyl sites for hydroxylation is 2. The molecule has 160 valence electrons. The highest BCUT2D eigenvalue weighted by atomic mass is 79.9. The number of nitrogens with zero attached hydrogens (tertiary/aromatic N) is 2. The van der Waals surface area contributed by atoms with Gasteiger partial charge in [-0.25, -0.2) is 0 Å². The number of hydrogen-bond acceptors (Lipinski definition) is 4. The van der Waals surface area contributed by atoms with Crippen LogP contribution in [0.5, 0.6) is 5.75 Å². The number of furan rings is 1. The number of carbonyl (C=O) groups is 1. The molecule has 6 nitrogen and oxygen atoms in total. The number of hydrogen-bond donors (Lipinski definition) is 1. The minimum absolute atomic E-state index is 0.231. The molecule has 4 rings (SSSR count). The van der Waals surface area contributed by atoms with Gasteiger partial charge in [0.25, 0.3) is 5.91 Å². The number of aromatic nitrogens is 2. The van der Waals surface area contributed by atoms with Crippen molar-refractivity contribution in [3.05, 3.63) is 82.0 Å². The molecule has 0 aliphatic rings. The third-order valence-corrected chi connectivity index (χ3v) is 6.28. The maximum absolute atomic E-state index is 12.4. The first-order valence-corrected chi connectivity index (χ1v) is 11.0. The van der Waals surface area contributed by atoms with E-state index in [2.05, 4.69) is 26.3 Å². The van der Waals surface area contributed by atoms with E-state index in [1.807, 2.05) is 61.0 Å². The molecule has 0 atom stereocenters. The molecule has 0 saturated carbocycles. The van der Waals surface area contributed by atoms with E-state index in [1.165, 1.54) is 0 Å². The van der Waals surface area contributed by atoms with E-state index < -0.39 is 0 Å². The smallest absolute Gasteiger partial charge is 0.286 e. The first kappa shape index (κ1) is 21.2. The van der Waals surface area contributed by atoms with E-state index in [0.29, 0.717) is 12.3 Å². The number of amides is 1. The molecule has 0 unspecified atom stereocenters. The number of benzene rings is 2. The Balaban J connectivity index is 1.28. The lowest BCUT2D eigenvalue weighted by Crippen LogP contribution is -2.25. The standard InChI is InChI=1S/C24H24BrN3O3/c1-16-23(25)17(2)28(27-16)14-6-13-26-24(29)22-12-11-19(31-22)15-30-21-10-5-8-18-7-3-4-9-20(18)21/h3-5,7-12H,6,13-15H2,1-2H3,(H,26,29). The zero-order chi connectivity index (χ0) is 21.8. The van der Waals surface area contributed by atoms with Crippen molar-refractivity contribution in [3.8, 4) is 5.75 Å². The van der Waals surface area contributed by atoms with Gasteiger partial charge in [0.1, 0.15) is 18.1 Å². The van der Waals surface area contributed by atoms with Crippen LogP contribution in [0, 0.1) is 13.8 Å². The summed E-state index contributed by atoms with van der Waals surface area (Å²) in [6.07, 6.45) is 0.776. The molecule has 1 amide bonds. The third kappa shape index (κ3) is 4.82. The Bertz CT molecular complexity index is 1210. The largest absolute Gasteiger partial charge is 0.485 e. The molecular formula is C24H24BrN3O3. The van der Waals surface area contributed by atoms with Crippen molar-refractivity contribution < 1.29 is 13.9 Å². The summed E-state index contributed by atoms with van der Waals surface area (Å²) in [4.78, 5) is 12.4. The lowest BCUT2D eigenvalue weighted by atomic mass is 10.1. The summed E-state index contributed by atoms with van der Waals surface area (Å²) in [6, 6.07) is 17.4. The van der Waals surface area contributed by atoms with Crippen molar-refractivity contribution in [1.82, 2.24) is 15.1 Å². The maximum Gasteiger partial charge on any atom is 0.286 e. The average Bonchev–Trinajstić information content (AvgIpc) is 3.36. The van der Waals surface area contributed by atoms with Gasteiger partial charge in [0, 0.05) is 24.2 Å². The van der Waals surface area contributed by atoms with Gasteiger partial charge in [-0.1, -0.05) is 36.4 Å². The Hall–Kier alpha value is -3.06. The van der Waals surface area contributed by atoms with E-state index in [9.17, 15) is 4.79 Å². The highest BCUT2D eigenvalue weighted by Gasteiger charge is 2.12. The number of halogens is 1. The highest BCUT2D eigenvalue weighted by Crippen LogP contribution is 2.26. The predicted molar refractivity (Wildman–Crippen MR) is 123 cm³/mol. The molecule has 4 aromatic rings. The molecular weight excluding hydrogens is 458 g/mol. The van der Waals surface area contributed by atoms with Crippen molar-refractivity contribution in [3.63, 3.8) is 0 Å². The van der Waals surface area contributed by atoms with Crippen LogP contribution in [-0.2, 0) is 13.2 Å². The van der Waals surface area contributed by atoms with Crippen molar-refractivity contribution >= 4 is 32.6 Å². The molecule has 2 aromatic carbocycles. The number of nitrogens with one attached hydrogen (secondary N) is 1. The van der Waals surface area contributed by atoms with Crippen molar-refractivity contribution in [1.29, 1.82) is 0 Å². The molecule has 0 bridgehead atoms. The topological polar surface area (TPSA) is 69.3 Å². The van der Waals surface area contributed by atoms with Gasteiger partial charge in [0.05, 0.1) is 10.2 Å². The third-order valence-electron chi connectivity index (χ3n) is 5.13. The van der Waals surface area contributed by atoms with Gasteiger partial charge in [0.2, 0.25) is 0 Å². The Kier molecular flexibility index (Phi) is 6.42. The molecule has 2 heterocycles. The van der Waals surface area contributed by atoms with E-state index in [4.69, 9.17) is 9.15 Å². The fourth-order valence-electron chi connectivity index (χ4n) is 3.46. The second-order valence-electron chi connectivity index (χ2n) is 7.35. The van der Waals surface area contributed by atoms with Gasteiger partial charge < -0.3 is 14.5 Å². The molecule has 0 aliphatic heterocycles. The van der Waals surface area contributed by atoms with Crippen molar-refractivity contribution in [2.45, 2.75) is 33.4 Å². The van der Waals surface area contributed by atoms with Crippen molar-refractivity contribution in [2.75, 3.05) is 6.54 Å². The average molecular weight is 482 g/mol. The molecule has 2 aromatic heterocycles. The van der Waals surface area contributed by atoms with Gasteiger partial charge in [-0.2, -0.15) is 5.10 Å². The van der Waals surface area contributed by atoms with Crippen LogP contribution in [0.2, 0.25) is 0 Å². The molecule has 7 heteroatoms. The Morgan fingerprint density at radius 3 is 2.74 bits per heavy atom. The second kappa shape index (κ2) is 9.39. The Morgan fingerprint density at radius 2 is 1.94 bits per heavy atom. The normalized spacial score (nSPS) is 11.1. The molecule has 0 radical (unpaired) electrons. The number of fused-ring (bicyclic) bond motifs is 1. The first-order chi connectivity index (χ1) is 15.0. The first-order valence-electron chi connectivity index (χ1n) is 10.2. The van der Waals surface area contributed by atoms with E-state index in [0.717, 1.165) is 45.3 Å². The van der Waals surface area contributed by atoms with E-state index in [-0.39, 0.29) is 18.3 Å². The number of rotatable bonds is 8. The van der Waals surface area contributed by atoms with Gasteiger partial charge >= 0.3 is 0 Å². The fraction of sp³-hybridized carbons (Fsp3) is 0.250. The van der Waals surface area contributed by atoms with Crippen LogP contribution in [0.3, 0.4) is 0 Å². The summed E-state index contributed by atoms with van der Waals surface area (Å²) in [5, 5.41) is 9.54. The summed E-state index contributed by atoms with van der Waals surface area (Å²) in [7, 11) is 0. The minimum Gasteiger partial charge on any atom is -0.485 e. The van der Waals surface area contributed by atoms with Crippen LogP contribution in [0.1, 0.15) is 34.1 Å². The van der Waals surface area contributed by atoms with Crippen LogP contribution in [0.15, 0.2) is 63.5 Å². The SMILES string of the molecule is Cc1nn(CCCNC(=O)c2ccc(COc3cccc4ccccc34)o2)c(C)c1Br. The summed E-state index contributed by atoms with van der Waals surface area (Å²) < 4.78 is 14.6. The monoisotopic (exact) mass is 481 g/mol. The molecule has 31 heavy (non-hydrogen) atoms. The summed E-state index contributed by atoms with van der Waals surface area (Å²) in [6.45, 7) is 5.52. The molecule has 0 spiro atoms. The van der Waals surface area contributed by atoms with Crippen LogP contribution in [-0.4, -0.2) is 22.2 Å². The van der Waals surface area contributed by atoms with Crippen molar-refractivity contribution in [2.24, 2.45) is 0 Å². The second-order valence-corrected chi connectivity index (χ2v) is 8.14. The zero-order valence-corrected chi connectivity index (χ0v) is 19.1. The van der Waals surface area contributed by atoms with Crippen LogP contribution in [0.4, 0.5) is 0 Å². The zero-order valence-electron chi connectivity index (χ0n) is 17.5. The minimum atomic E-state index is -0.231. The molecule has 0 saturated heterocycles. The fourth-order valence-corrected chi connectivity index (χ4v) is 3.74.